The number of esters is 2. The van der Waals surface area contributed by atoms with Crippen LogP contribution in [0.5, 0.6) is 0 Å². The number of aryl methyl sites for hydroxylation is 1. The van der Waals surface area contributed by atoms with Gasteiger partial charge in [0.1, 0.15) is 24.7 Å². The molecule has 1 aromatic heterocycles. The number of hydrogen-bond acceptors (Lipinski definition) is 8. The molecule has 0 unspecified atom stereocenters. The molecular weight excluding hydrogens is 504 g/mol. The predicted molar refractivity (Wildman–Crippen MR) is 141 cm³/mol. The first-order valence-corrected chi connectivity index (χ1v) is 12.6. The number of hydrogen-bond donors (Lipinski definition) is 0. The van der Waals surface area contributed by atoms with Crippen molar-refractivity contribution in [2.75, 3.05) is 0 Å². The van der Waals surface area contributed by atoms with Gasteiger partial charge in [0.15, 0.2) is 6.10 Å². The normalized spacial score (nSPS) is 19.0. The molecule has 10 nitrogen and oxygen atoms in total. The van der Waals surface area contributed by atoms with Gasteiger partial charge in [0.2, 0.25) is 0 Å². The SMILES string of the molecule is Cc1cn([C@H]2C[C@H](OC(=O)c3ccccc3)[C@@H](C(=O)OC(C)(C)C)O2)c(=O)n(COCc2ccccc2)c1=O. The molecule has 2 aromatic carbocycles. The van der Waals surface area contributed by atoms with E-state index in [1.54, 1.807) is 58.0 Å². The van der Waals surface area contributed by atoms with Crippen LogP contribution >= 0.6 is 0 Å². The first-order chi connectivity index (χ1) is 18.5. The third kappa shape index (κ3) is 6.90. The van der Waals surface area contributed by atoms with E-state index in [-0.39, 0.29) is 25.3 Å². The number of benzene rings is 2. The summed E-state index contributed by atoms with van der Waals surface area (Å²) in [5.74, 6) is -1.36. The van der Waals surface area contributed by atoms with Gasteiger partial charge < -0.3 is 18.9 Å². The highest BCUT2D eigenvalue weighted by Gasteiger charge is 2.46. The molecule has 1 aliphatic heterocycles. The maximum atomic E-state index is 13.4. The van der Waals surface area contributed by atoms with E-state index >= 15 is 0 Å². The summed E-state index contributed by atoms with van der Waals surface area (Å²) in [6.07, 6.45) is -1.94. The van der Waals surface area contributed by atoms with Crippen LogP contribution in [-0.4, -0.2) is 38.9 Å². The second kappa shape index (κ2) is 11.8. The summed E-state index contributed by atoms with van der Waals surface area (Å²) in [6, 6.07) is 17.7. The van der Waals surface area contributed by atoms with Crippen molar-refractivity contribution in [1.82, 2.24) is 9.13 Å². The standard InChI is InChI=1S/C29H32N2O8/c1-19-16-30(28(35)31(25(19)32)18-36-17-20-11-7-5-8-12-20)23-15-22(24(38-23)27(34)39-29(2,3)4)37-26(33)21-13-9-6-10-14-21/h5-14,16,22-24H,15,17-18H2,1-4H3/t22-,23+,24-/m0/s1. The third-order valence-electron chi connectivity index (χ3n) is 5.99. The van der Waals surface area contributed by atoms with Gasteiger partial charge in [0.05, 0.1) is 12.2 Å². The molecule has 1 aliphatic rings. The molecule has 0 spiro atoms. The number of aromatic nitrogens is 2. The fourth-order valence-corrected chi connectivity index (χ4v) is 4.18. The Bertz CT molecular complexity index is 1420. The summed E-state index contributed by atoms with van der Waals surface area (Å²) in [5, 5.41) is 0. The quantitative estimate of drug-likeness (QED) is 0.403. The van der Waals surface area contributed by atoms with E-state index in [9.17, 15) is 19.2 Å². The van der Waals surface area contributed by atoms with Crippen molar-refractivity contribution < 1.29 is 28.5 Å². The van der Waals surface area contributed by atoms with Crippen molar-refractivity contribution in [2.24, 2.45) is 0 Å². The van der Waals surface area contributed by atoms with Gasteiger partial charge in [-0.2, -0.15) is 0 Å². The molecule has 0 saturated carbocycles. The molecular formula is C29H32N2O8. The Morgan fingerprint density at radius 3 is 2.28 bits per heavy atom. The lowest BCUT2D eigenvalue weighted by atomic mass is 10.1. The van der Waals surface area contributed by atoms with E-state index in [1.165, 1.54) is 10.8 Å². The number of rotatable bonds is 8. The van der Waals surface area contributed by atoms with Crippen molar-refractivity contribution in [3.63, 3.8) is 0 Å². The maximum Gasteiger partial charge on any atom is 0.339 e. The summed E-state index contributed by atoms with van der Waals surface area (Å²) < 4.78 is 25.0. The molecule has 0 amide bonds. The van der Waals surface area contributed by atoms with E-state index in [0.29, 0.717) is 5.56 Å². The third-order valence-corrected chi connectivity index (χ3v) is 5.99. The minimum Gasteiger partial charge on any atom is -0.458 e. The summed E-state index contributed by atoms with van der Waals surface area (Å²) in [7, 11) is 0. The Labute approximate surface area is 225 Å². The lowest BCUT2D eigenvalue weighted by Gasteiger charge is -2.24. The summed E-state index contributed by atoms with van der Waals surface area (Å²) in [4.78, 5) is 52.0. The highest BCUT2D eigenvalue weighted by atomic mass is 16.6. The largest absolute Gasteiger partial charge is 0.458 e. The average molecular weight is 537 g/mol. The number of ether oxygens (including phenoxy) is 4. The van der Waals surface area contributed by atoms with Gasteiger partial charge in [-0.15, -0.1) is 0 Å². The second-order valence-corrected chi connectivity index (χ2v) is 10.3. The lowest BCUT2D eigenvalue weighted by Crippen LogP contribution is -2.42. The van der Waals surface area contributed by atoms with E-state index < -0.39 is 47.2 Å². The van der Waals surface area contributed by atoms with Crippen molar-refractivity contribution in [3.8, 4) is 0 Å². The van der Waals surface area contributed by atoms with Crippen molar-refractivity contribution in [1.29, 1.82) is 0 Å². The van der Waals surface area contributed by atoms with Gasteiger partial charge in [-0.1, -0.05) is 48.5 Å². The van der Waals surface area contributed by atoms with Crippen LogP contribution in [-0.2, 0) is 37.1 Å². The topological polar surface area (TPSA) is 115 Å². The first-order valence-electron chi connectivity index (χ1n) is 12.6. The van der Waals surface area contributed by atoms with Crippen LogP contribution < -0.4 is 11.2 Å². The first kappa shape index (κ1) is 28.0. The van der Waals surface area contributed by atoms with E-state index in [4.69, 9.17) is 18.9 Å². The molecule has 1 saturated heterocycles. The van der Waals surface area contributed by atoms with Crippen LogP contribution in [0.15, 0.2) is 76.4 Å². The van der Waals surface area contributed by atoms with Crippen LogP contribution in [0.4, 0.5) is 0 Å². The van der Waals surface area contributed by atoms with Gasteiger partial charge in [-0.3, -0.25) is 9.36 Å². The van der Waals surface area contributed by atoms with Crippen LogP contribution in [0.3, 0.4) is 0 Å². The fraction of sp³-hybridized carbons (Fsp3) is 0.379. The molecule has 0 bridgehead atoms. The summed E-state index contributed by atoms with van der Waals surface area (Å²) in [5.41, 5.74) is -0.523. The molecule has 2 heterocycles. The Morgan fingerprint density at radius 1 is 1.00 bits per heavy atom. The fourth-order valence-electron chi connectivity index (χ4n) is 4.18. The van der Waals surface area contributed by atoms with Crippen LogP contribution in [0, 0.1) is 6.92 Å². The smallest absolute Gasteiger partial charge is 0.339 e. The second-order valence-electron chi connectivity index (χ2n) is 10.3. The van der Waals surface area contributed by atoms with Crippen LogP contribution in [0.1, 0.15) is 54.9 Å². The van der Waals surface area contributed by atoms with Gasteiger partial charge in [0.25, 0.3) is 5.56 Å². The minimum absolute atomic E-state index is 0.00902. The van der Waals surface area contributed by atoms with Gasteiger partial charge in [0, 0.05) is 18.2 Å². The molecule has 0 aliphatic carbocycles. The monoisotopic (exact) mass is 536 g/mol. The molecule has 0 N–H and O–H groups in total. The number of nitrogens with zero attached hydrogens (tertiary/aromatic N) is 2. The molecule has 10 heteroatoms. The van der Waals surface area contributed by atoms with E-state index in [1.807, 2.05) is 30.3 Å². The molecule has 1 fully saturated rings. The molecule has 39 heavy (non-hydrogen) atoms. The molecule has 0 radical (unpaired) electrons. The highest BCUT2D eigenvalue weighted by molar-refractivity contribution is 5.89. The zero-order valence-electron chi connectivity index (χ0n) is 22.4. The molecule has 4 rings (SSSR count). The summed E-state index contributed by atoms with van der Waals surface area (Å²) >= 11 is 0. The highest BCUT2D eigenvalue weighted by Crippen LogP contribution is 2.32. The zero-order chi connectivity index (χ0) is 28.2. The Hall–Kier alpha value is -4.02. The van der Waals surface area contributed by atoms with Crippen molar-refractivity contribution in [3.05, 3.63) is 104 Å². The van der Waals surface area contributed by atoms with E-state index in [0.717, 1.165) is 10.1 Å². The zero-order valence-corrected chi connectivity index (χ0v) is 22.4. The minimum atomic E-state index is -1.27. The Morgan fingerprint density at radius 2 is 1.64 bits per heavy atom. The maximum absolute atomic E-state index is 13.4. The van der Waals surface area contributed by atoms with E-state index in [2.05, 4.69) is 0 Å². The van der Waals surface area contributed by atoms with Gasteiger partial charge in [-0.05, 0) is 45.4 Å². The molecule has 206 valence electrons. The van der Waals surface area contributed by atoms with Crippen LogP contribution in [0.25, 0.3) is 0 Å². The molecule has 3 atom stereocenters. The Kier molecular flexibility index (Phi) is 8.47. The van der Waals surface area contributed by atoms with Crippen LogP contribution in [0.2, 0.25) is 0 Å². The molecule has 3 aromatic rings. The van der Waals surface area contributed by atoms with Crippen molar-refractivity contribution >= 4 is 11.9 Å². The van der Waals surface area contributed by atoms with Gasteiger partial charge in [-0.25, -0.2) is 19.0 Å². The lowest BCUT2D eigenvalue weighted by molar-refractivity contribution is -0.173. The van der Waals surface area contributed by atoms with Gasteiger partial charge >= 0.3 is 17.6 Å². The average Bonchev–Trinajstić information content (AvgIpc) is 3.32. The summed E-state index contributed by atoms with van der Waals surface area (Å²) in [6.45, 7) is 6.63. The predicted octanol–water partition coefficient (Wildman–Crippen LogP) is 3.35. The van der Waals surface area contributed by atoms with Crippen molar-refractivity contribution in [2.45, 2.75) is 71.5 Å². The number of carbonyl (C=O) groups excluding carboxylic acids is 2. The Balaban J connectivity index is 1.59. The number of carbonyl (C=O) groups is 2.